The number of H-pyrrole nitrogens is 1. The van der Waals surface area contributed by atoms with E-state index in [-0.39, 0.29) is 5.56 Å². The molecule has 0 spiro atoms. The van der Waals surface area contributed by atoms with E-state index in [9.17, 15) is 4.79 Å². The molecule has 0 radical (unpaired) electrons. The summed E-state index contributed by atoms with van der Waals surface area (Å²) in [5.74, 6) is 3.03. The standard InChI is InChI=1S/C23H30N6OS/c1-14(2)21-24-15(3)12-19(27-21)29-10-8-28(9-11-29)13-18-25-22(30)20-16-6-4-5-7-17(16)31-23(20)26-18/h12,14H,4-11,13H2,1-3H3,(H,25,26,30). The van der Waals surface area contributed by atoms with Crippen LogP contribution in [-0.2, 0) is 19.4 Å². The average molecular weight is 439 g/mol. The minimum atomic E-state index is 0.0377. The number of aryl methyl sites for hydroxylation is 3. The summed E-state index contributed by atoms with van der Waals surface area (Å²) < 4.78 is 0. The van der Waals surface area contributed by atoms with Gasteiger partial charge in [0.15, 0.2) is 0 Å². The normalized spacial score (nSPS) is 17.5. The van der Waals surface area contributed by atoms with Crippen LogP contribution in [0.3, 0.4) is 0 Å². The van der Waals surface area contributed by atoms with Gasteiger partial charge in [0, 0.05) is 48.7 Å². The molecule has 8 heteroatoms. The van der Waals surface area contributed by atoms with E-state index < -0.39 is 0 Å². The van der Waals surface area contributed by atoms with Crippen molar-refractivity contribution >= 4 is 27.4 Å². The lowest BCUT2D eigenvalue weighted by atomic mass is 9.97. The van der Waals surface area contributed by atoms with Gasteiger partial charge in [-0.25, -0.2) is 15.0 Å². The third-order valence-corrected chi connectivity index (χ3v) is 7.50. The molecule has 1 fully saturated rings. The molecule has 0 aromatic carbocycles. The predicted octanol–water partition coefficient (Wildman–Crippen LogP) is 3.41. The first-order valence-corrected chi connectivity index (χ1v) is 12.2. The van der Waals surface area contributed by atoms with E-state index in [1.165, 1.54) is 23.3 Å². The number of fused-ring (bicyclic) bond motifs is 3. The van der Waals surface area contributed by atoms with E-state index in [0.29, 0.717) is 12.5 Å². The van der Waals surface area contributed by atoms with Crippen molar-refractivity contribution in [2.24, 2.45) is 0 Å². The highest BCUT2D eigenvalue weighted by atomic mass is 32.1. The zero-order valence-electron chi connectivity index (χ0n) is 18.6. The lowest BCUT2D eigenvalue weighted by Gasteiger charge is -2.35. The second-order valence-corrected chi connectivity index (χ2v) is 10.1. The van der Waals surface area contributed by atoms with Crippen LogP contribution in [0.5, 0.6) is 0 Å². The number of nitrogens with zero attached hydrogens (tertiary/aromatic N) is 5. The maximum absolute atomic E-state index is 12.8. The minimum absolute atomic E-state index is 0.0377. The van der Waals surface area contributed by atoms with Crippen molar-refractivity contribution in [3.05, 3.63) is 44.2 Å². The number of aromatic amines is 1. The van der Waals surface area contributed by atoms with Crippen molar-refractivity contribution in [2.75, 3.05) is 31.1 Å². The maximum atomic E-state index is 12.8. The van der Waals surface area contributed by atoms with Gasteiger partial charge in [0.25, 0.3) is 5.56 Å². The first-order valence-electron chi connectivity index (χ1n) is 11.3. The lowest BCUT2D eigenvalue weighted by Crippen LogP contribution is -2.46. The molecule has 7 nitrogen and oxygen atoms in total. The molecule has 3 aromatic rings. The first kappa shape index (κ1) is 20.6. The van der Waals surface area contributed by atoms with Crippen molar-refractivity contribution in [3.63, 3.8) is 0 Å². The third kappa shape index (κ3) is 4.11. The second-order valence-electron chi connectivity index (χ2n) is 9.05. The zero-order chi connectivity index (χ0) is 21.5. The molecule has 2 aliphatic rings. The molecule has 0 bridgehead atoms. The van der Waals surface area contributed by atoms with Crippen LogP contribution in [0.2, 0.25) is 0 Å². The summed E-state index contributed by atoms with van der Waals surface area (Å²) in [6.07, 6.45) is 4.50. The van der Waals surface area contributed by atoms with Gasteiger partial charge in [0.1, 0.15) is 22.3 Å². The summed E-state index contributed by atoms with van der Waals surface area (Å²) in [5, 5.41) is 0.841. The number of piperazine rings is 1. The molecular formula is C23H30N6OS. The van der Waals surface area contributed by atoms with Crippen molar-refractivity contribution in [3.8, 4) is 0 Å². The Balaban J connectivity index is 1.29. The minimum Gasteiger partial charge on any atom is -0.354 e. The number of anilines is 1. The Labute approximate surface area is 186 Å². The maximum Gasteiger partial charge on any atom is 0.259 e. The van der Waals surface area contributed by atoms with Crippen LogP contribution in [0.15, 0.2) is 10.9 Å². The van der Waals surface area contributed by atoms with E-state index in [1.54, 1.807) is 11.3 Å². The predicted molar refractivity (Wildman–Crippen MR) is 125 cm³/mol. The molecule has 0 unspecified atom stereocenters. The van der Waals surface area contributed by atoms with Crippen LogP contribution in [-0.4, -0.2) is 51.0 Å². The Morgan fingerprint density at radius 3 is 2.65 bits per heavy atom. The average Bonchev–Trinajstić information content (AvgIpc) is 3.12. The van der Waals surface area contributed by atoms with Gasteiger partial charge in [-0.3, -0.25) is 9.69 Å². The molecule has 164 valence electrons. The number of aromatic nitrogens is 4. The summed E-state index contributed by atoms with van der Waals surface area (Å²) in [7, 11) is 0. The second kappa shape index (κ2) is 8.31. The van der Waals surface area contributed by atoms with Gasteiger partial charge < -0.3 is 9.88 Å². The molecular weight excluding hydrogens is 408 g/mol. The van der Waals surface area contributed by atoms with E-state index in [2.05, 4.69) is 39.7 Å². The monoisotopic (exact) mass is 438 g/mol. The number of hydrogen-bond acceptors (Lipinski definition) is 7. The fourth-order valence-electron chi connectivity index (χ4n) is 4.62. The highest BCUT2D eigenvalue weighted by Gasteiger charge is 2.22. The molecule has 3 aromatic heterocycles. The van der Waals surface area contributed by atoms with Crippen LogP contribution in [0, 0.1) is 6.92 Å². The van der Waals surface area contributed by atoms with E-state index >= 15 is 0 Å². The topological polar surface area (TPSA) is 78.0 Å². The van der Waals surface area contributed by atoms with Gasteiger partial charge in [0.05, 0.1) is 11.9 Å². The Morgan fingerprint density at radius 2 is 1.87 bits per heavy atom. The molecule has 4 heterocycles. The van der Waals surface area contributed by atoms with Crippen molar-refractivity contribution in [1.29, 1.82) is 0 Å². The molecule has 1 saturated heterocycles. The first-order chi connectivity index (χ1) is 15.0. The van der Waals surface area contributed by atoms with Gasteiger partial charge >= 0.3 is 0 Å². The third-order valence-electron chi connectivity index (χ3n) is 6.32. The van der Waals surface area contributed by atoms with Gasteiger partial charge in [-0.1, -0.05) is 13.8 Å². The number of hydrogen-bond donors (Lipinski definition) is 1. The fourth-order valence-corrected chi connectivity index (χ4v) is 5.91. The van der Waals surface area contributed by atoms with Crippen molar-refractivity contribution in [2.45, 2.75) is 58.9 Å². The molecule has 31 heavy (non-hydrogen) atoms. The number of nitrogens with one attached hydrogen (secondary N) is 1. The van der Waals surface area contributed by atoms with Crippen molar-refractivity contribution < 1.29 is 0 Å². The van der Waals surface area contributed by atoms with Crippen molar-refractivity contribution in [1.82, 2.24) is 24.8 Å². The van der Waals surface area contributed by atoms with E-state index in [0.717, 1.165) is 72.4 Å². The number of rotatable bonds is 4. The highest BCUT2D eigenvalue weighted by Crippen LogP contribution is 2.33. The van der Waals surface area contributed by atoms with Crippen LogP contribution in [0.25, 0.3) is 10.2 Å². The molecule has 5 rings (SSSR count). The van der Waals surface area contributed by atoms with Crippen LogP contribution in [0.4, 0.5) is 5.82 Å². The summed E-state index contributed by atoms with van der Waals surface area (Å²) >= 11 is 1.72. The molecule has 0 amide bonds. The largest absolute Gasteiger partial charge is 0.354 e. The quantitative estimate of drug-likeness (QED) is 0.673. The van der Waals surface area contributed by atoms with Gasteiger partial charge in [-0.15, -0.1) is 11.3 Å². The lowest BCUT2D eigenvalue weighted by molar-refractivity contribution is 0.243. The van der Waals surface area contributed by atoms with Gasteiger partial charge in [-0.05, 0) is 38.2 Å². The SMILES string of the molecule is Cc1cc(N2CCN(Cc3nc4sc5c(c4c(=O)[nH]3)CCCC5)CC2)nc(C(C)C)n1. The molecule has 0 atom stereocenters. The van der Waals surface area contributed by atoms with E-state index in [4.69, 9.17) is 9.97 Å². The highest BCUT2D eigenvalue weighted by molar-refractivity contribution is 7.18. The van der Waals surface area contributed by atoms with Crippen LogP contribution >= 0.6 is 11.3 Å². The molecule has 1 aliphatic heterocycles. The van der Waals surface area contributed by atoms with Crippen LogP contribution in [0.1, 0.15) is 60.4 Å². The Kier molecular flexibility index (Phi) is 5.52. The van der Waals surface area contributed by atoms with Gasteiger partial charge in [0.2, 0.25) is 0 Å². The summed E-state index contributed by atoms with van der Waals surface area (Å²) in [5.41, 5.74) is 2.31. The number of thiophene rings is 1. The zero-order valence-corrected chi connectivity index (χ0v) is 19.4. The Morgan fingerprint density at radius 1 is 1.10 bits per heavy atom. The fraction of sp³-hybridized carbons (Fsp3) is 0.565. The summed E-state index contributed by atoms with van der Waals surface area (Å²) in [6, 6.07) is 2.08. The smallest absolute Gasteiger partial charge is 0.259 e. The molecule has 1 N–H and O–H groups in total. The summed E-state index contributed by atoms with van der Waals surface area (Å²) in [6.45, 7) is 10.6. The van der Waals surface area contributed by atoms with Crippen LogP contribution < -0.4 is 10.5 Å². The Bertz CT molecular complexity index is 1160. The summed E-state index contributed by atoms with van der Waals surface area (Å²) in [4.78, 5) is 37.0. The Hall–Kier alpha value is -2.32. The van der Waals surface area contributed by atoms with E-state index in [1.807, 2.05) is 6.92 Å². The molecule has 1 aliphatic carbocycles. The molecule has 0 saturated carbocycles. The van der Waals surface area contributed by atoms with Gasteiger partial charge in [-0.2, -0.15) is 0 Å².